The van der Waals surface area contributed by atoms with E-state index in [-0.39, 0.29) is 12.5 Å². The molecule has 1 atom stereocenters. The number of methoxy groups -OCH3 is 1. The van der Waals surface area contributed by atoms with Crippen molar-refractivity contribution in [1.29, 1.82) is 0 Å². The number of amides is 2. The summed E-state index contributed by atoms with van der Waals surface area (Å²) in [6, 6.07) is 15.1. The van der Waals surface area contributed by atoms with Crippen molar-refractivity contribution < 1.29 is 19.1 Å². The van der Waals surface area contributed by atoms with Crippen molar-refractivity contribution in [3.63, 3.8) is 0 Å². The van der Waals surface area contributed by atoms with E-state index in [1.165, 1.54) is 7.11 Å². The third kappa shape index (κ3) is 6.00. The highest BCUT2D eigenvalue weighted by Crippen LogP contribution is 2.12. The van der Waals surface area contributed by atoms with Gasteiger partial charge in [-0.2, -0.15) is 0 Å². The Morgan fingerprint density at radius 2 is 1.69 bits per heavy atom. The molecule has 0 unspecified atom stereocenters. The predicted molar refractivity (Wildman–Crippen MR) is 101 cm³/mol. The summed E-state index contributed by atoms with van der Waals surface area (Å²) in [6.45, 7) is -0.235. The molecule has 2 aromatic rings. The summed E-state index contributed by atoms with van der Waals surface area (Å²) >= 11 is 3.35. The number of esters is 1. The van der Waals surface area contributed by atoms with E-state index in [1.54, 1.807) is 30.3 Å². The van der Waals surface area contributed by atoms with Gasteiger partial charge in [-0.05, 0) is 29.8 Å². The molecule has 0 aliphatic rings. The predicted octanol–water partition coefficient (Wildman–Crippen LogP) is 2.08. The van der Waals surface area contributed by atoms with Crippen LogP contribution in [0, 0.1) is 0 Å². The van der Waals surface area contributed by atoms with Crippen LogP contribution in [-0.4, -0.2) is 37.5 Å². The monoisotopic (exact) mass is 418 g/mol. The van der Waals surface area contributed by atoms with Gasteiger partial charge in [0, 0.05) is 16.5 Å². The first-order valence-corrected chi connectivity index (χ1v) is 8.74. The van der Waals surface area contributed by atoms with Gasteiger partial charge in [0.1, 0.15) is 6.04 Å². The third-order valence-electron chi connectivity index (χ3n) is 3.62. The van der Waals surface area contributed by atoms with Crippen LogP contribution in [0.4, 0.5) is 0 Å². The first-order chi connectivity index (χ1) is 12.5. The summed E-state index contributed by atoms with van der Waals surface area (Å²) in [5, 5.41) is 5.12. The number of carbonyl (C=O) groups is 3. The number of carbonyl (C=O) groups excluding carboxylic acids is 3. The summed E-state index contributed by atoms with van der Waals surface area (Å²) in [4.78, 5) is 36.0. The fraction of sp³-hybridized carbons (Fsp3) is 0.211. The molecular weight excluding hydrogens is 400 g/mol. The Morgan fingerprint density at radius 1 is 1.04 bits per heavy atom. The lowest BCUT2D eigenvalue weighted by Gasteiger charge is -2.17. The Hall–Kier alpha value is -2.67. The number of ether oxygens (including phenoxy) is 1. The average molecular weight is 419 g/mol. The number of hydrogen-bond donors (Lipinski definition) is 2. The number of hydrogen-bond acceptors (Lipinski definition) is 4. The molecule has 0 saturated heterocycles. The summed E-state index contributed by atoms with van der Waals surface area (Å²) in [5.74, 6) is -1.37. The van der Waals surface area contributed by atoms with E-state index in [9.17, 15) is 14.4 Å². The van der Waals surface area contributed by atoms with Gasteiger partial charge in [-0.15, -0.1) is 0 Å². The molecule has 136 valence electrons. The Kier molecular flexibility index (Phi) is 7.35. The molecule has 2 aromatic carbocycles. The highest BCUT2D eigenvalue weighted by atomic mass is 79.9. The maximum Gasteiger partial charge on any atom is 0.328 e. The SMILES string of the molecule is COC(=O)[C@H](Cc1ccc(Br)cc1)NC(=O)CNC(=O)c1ccccc1. The Labute approximate surface area is 160 Å². The fourth-order valence-electron chi connectivity index (χ4n) is 2.29. The van der Waals surface area contributed by atoms with E-state index >= 15 is 0 Å². The second-order valence-electron chi connectivity index (χ2n) is 5.52. The molecule has 26 heavy (non-hydrogen) atoms. The number of rotatable bonds is 7. The molecule has 0 radical (unpaired) electrons. The van der Waals surface area contributed by atoms with Gasteiger partial charge in [-0.3, -0.25) is 9.59 Å². The molecule has 0 saturated carbocycles. The molecule has 6 nitrogen and oxygen atoms in total. The van der Waals surface area contributed by atoms with Gasteiger partial charge in [-0.1, -0.05) is 46.3 Å². The van der Waals surface area contributed by atoms with Crippen LogP contribution >= 0.6 is 15.9 Å². The molecule has 7 heteroatoms. The van der Waals surface area contributed by atoms with Gasteiger partial charge in [-0.25, -0.2) is 4.79 Å². The first-order valence-electron chi connectivity index (χ1n) is 7.94. The lowest BCUT2D eigenvalue weighted by molar-refractivity contribution is -0.144. The van der Waals surface area contributed by atoms with Crippen LogP contribution < -0.4 is 10.6 Å². The average Bonchev–Trinajstić information content (AvgIpc) is 2.67. The molecule has 2 rings (SSSR count). The third-order valence-corrected chi connectivity index (χ3v) is 4.15. The van der Waals surface area contributed by atoms with E-state index < -0.39 is 17.9 Å². The first kappa shape index (κ1) is 19.7. The van der Waals surface area contributed by atoms with Gasteiger partial charge >= 0.3 is 5.97 Å². The normalized spacial score (nSPS) is 11.3. The molecule has 0 bridgehead atoms. The van der Waals surface area contributed by atoms with Gasteiger partial charge < -0.3 is 15.4 Å². The lowest BCUT2D eigenvalue weighted by Crippen LogP contribution is -2.47. The van der Waals surface area contributed by atoms with Crippen molar-refractivity contribution in [2.24, 2.45) is 0 Å². The van der Waals surface area contributed by atoms with Gasteiger partial charge in [0.15, 0.2) is 0 Å². The van der Waals surface area contributed by atoms with Gasteiger partial charge in [0.2, 0.25) is 5.91 Å². The van der Waals surface area contributed by atoms with Crippen LogP contribution in [0.3, 0.4) is 0 Å². The maximum absolute atomic E-state index is 12.1. The fourth-order valence-corrected chi connectivity index (χ4v) is 2.55. The standard InChI is InChI=1S/C19H19BrN2O4/c1-26-19(25)16(11-13-7-9-15(20)10-8-13)22-17(23)12-21-18(24)14-5-3-2-4-6-14/h2-10,16H,11-12H2,1H3,(H,21,24)(H,22,23)/t16-/m0/s1. The van der Waals surface area contributed by atoms with Crippen LogP contribution in [-0.2, 0) is 20.7 Å². The molecule has 2 N–H and O–H groups in total. The van der Waals surface area contributed by atoms with Crippen LogP contribution in [0.1, 0.15) is 15.9 Å². The van der Waals surface area contributed by atoms with E-state index in [1.807, 2.05) is 24.3 Å². The zero-order valence-corrected chi connectivity index (χ0v) is 15.8. The summed E-state index contributed by atoms with van der Waals surface area (Å²) < 4.78 is 5.67. The highest BCUT2D eigenvalue weighted by molar-refractivity contribution is 9.10. The quantitative estimate of drug-likeness (QED) is 0.674. The smallest absolute Gasteiger partial charge is 0.328 e. The number of halogens is 1. The Balaban J connectivity index is 1.92. The van der Waals surface area contributed by atoms with Crippen molar-refractivity contribution in [3.8, 4) is 0 Å². The summed E-state index contributed by atoms with van der Waals surface area (Å²) in [6.07, 6.45) is 0.290. The van der Waals surface area contributed by atoms with E-state index in [0.29, 0.717) is 12.0 Å². The van der Waals surface area contributed by atoms with E-state index in [2.05, 4.69) is 26.6 Å². The summed E-state index contributed by atoms with van der Waals surface area (Å²) in [5.41, 5.74) is 1.33. The summed E-state index contributed by atoms with van der Waals surface area (Å²) in [7, 11) is 1.26. The van der Waals surface area contributed by atoms with Crippen molar-refractivity contribution in [3.05, 3.63) is 70.2 Å². The molecule has 0 aromatic heterocycles. The zero-order chi connectivity index (χ0) is 18.9. The van der Waals surface area contributed by atoms with Crippen molar-refractivity contribution in [2.75, 3.05) is 13.7 Å². The van der Waals surface area contributed by atoms with Crippen LogP contribution in [0.15, 0.2) is 59.1 Å². The maximum atomic E-state index is 12.1. The van der Waals surface area contributed by atoms with Crippen molar-refractivity contribution >= 4 is 33.7 Å². The number of nitrogens with one attached hydrogen (secondary N) is 2. The van der Waals surface area contributed by atoms with Crippen LogP contribution in [0.5, 0.6) is 0 Å². The molecule has 0 fully saturated rings. The minimum Gasteiger partial charge on any atom is -0.467 e. The van der Waals surface area contributed by atoms with Crippen molar-refractivity contribution in [2.45, 2.75) is 12.5 Å². The van der Waals surface area contributed by atoms with E-state index in [0.717, 1.165) is 10.0 Å². The molecule has 0 aliphatic heterocycles. The Morgan fingerprint density at radius 3 is 2.31 bits per heavy atom. The van der Waals surface area contributed by atoms with Crippen molar-refractivity contribution in [1.82, 2.24) is 10.6 Å². The molecular formula is C19H19BrN2O4. The Bertz CT molecular complexity index is 763. The topological polar surface area (TPSA) is 84.5 Å². The minimum absolute atomic E-state index is 0.235. The van der Waals surface area contributed by atoms with E-state index in [4.69, 9.17) is 4.74 Å². The van der Waals surface area contributed by atoms with Crippen LogP contribution in [0.25, 0.3) is 0 Å². The minimum atomic E-state index is -0.831. The molecule has 0 aliphatic carbocycles. The second-order valence-corrected chi connectivity index (χ2v) is 6.44. The highest BCUT2D eigenvalue weighted by Gasteiger charge is 2.22. The number of benzene rings is 2. The molecule has 0 spiro atoms. The van der Waals surface area contributed by atoms with Gasteiger partial charge in [0.05, 0.1) is 13.7 Å². The van der Waals surface area contributed by atoms with Crippen LogP contribution in [0.2, 0.25) is 0 Å². The second kappa shape index (κ2) is 9.72. The zero-order valence-electron chi connectivity index (χ0n) is 14.2. The molecule has 2 amide bonds. The lowest BCUT2D eigenvalue weighted by atomic mass is 10.1. The molecule has 0 heterocycles. The largest absolute Gasteiger partial charge is 0.467 e. The van der Waals surface area contributed by atoms with Gasteiger partial charge in [0.25, 0.3) is 5.91 Å².